The van der Waals surface area contributed by atoms with Gasteiger partial charge in [-0.1, -0.05) is 48.0 Å². The number of nitrogens with one attached hydrogen (secondary N) is 1. The lowest BCUT2D eigenvalue weighted by atomic mass is 10.0. The minimum Gasteiger partial charge on any atom is -0.350 e. The van der Waals surface area contributed by atoms with Crippen molar-refractivity contribution in [1.82, 2.24) is 5.32 Å². The summed E-state index contributed by atoms with van der Waals surface area (Å²) in [5, 5.41) is 2.89. The molecule has 0 bridgehead atoms. The Kier molecular flexibility index (Phi) is 5.84. The first-order valence-corrected chi connectivity index (χ1v) is 12.3. The van der Waals surface area contributed by atoms with Crippen LogP contribution < -0.4 is 15.1 Å². The van der Waals surface area contributed by atoms with E-state index in [0.29, 0.717) is 23.5 Å². The van der Waals surface area contributed by atoms with Gasteiger partial charge in [0.25, 0.3) is 5.91 Å². The van der Waals surface area contributed by atoms with Crippen LogP contribution in [0.25, 0.3) is 0 Å². The Morgan fingerprint density at radius 3 is 2.46 bits per heavy atom. The summed E-state index contributed by atoms with van der Waals surface area (Å²) in [4.78, 5) is 41.6. The van der Waals surface area contributed by atoms with E-state index in [1.54, 1.807) is 0 Å². The zero-order chi connectivity index (χ0) is 24.7. The standard InChI is InChI=1S/C27H24FN3O3S/c1-17-6-8-19(9-7-17)14-29-23(32)15-30-25-18(2)4-3-5-22(25)27(26(30)34)31(24(33)16-35-27)21-12-10-20(28)11-13-21/h3-13H,14-16H2,1-2H3,(H,29,32)/t27-/m0/s1. The lowest BCUT2D eigenvalue weighted by Gasteiger charge is -2.33. The van der Waals surface area contributed by atoms with E-state index in [0.717, 1.165) is 16.7 Å². The van der Waals surface area contributed by atoms with Crippen molar-refractivity contribution in [3.63, 3.8) is 0 Å². The van der Waals surface area contributed by atoms with Crippen molar-refractivity contribution in [3.8, 4) is 0 Å². The Bertz CT molecular complexity index is 1330. The number of rotatable bonds is 5. The smallest absolute Gasteiger partial charge is 0.269 e. The van der Waals surface area contributed by atoms with Crippen molar-refractivity contribution >= 4 is 40.9 Å². The number of aryl methyl sites for hydroxylation is 2. The number of amides is 3. The van der Waals surface area contributed by atoms with Crippen molar-refractivity contribution in [1.29, 1.82) is 0 Å². The van der Waals surface area contributed by atoms with Gasteiger partial charge in [0.15, 0.2) is 0 Å². The fourth-order valence-electron chi connectivity index (χ4n) is 4.69. The van der Waals surface area contributed by atoms with Gasteiger partial charge >= 0.3 is 0 Å². The molecule has 1 spiro atoms. The molecule has 3 amide bonds. The highest BCUT2D eigenvalue weighted by Crippen LogP contribution is 2.56. The molecule has 0 radical (unpaired) electrons. The van der Waals surface area contributed by atoms with Crippen LogP contribution in [0, 0.1) is 19.7 Å². The van der Waals surface area contributed by atoms with Crippen LogP contribution in [0.1, 0.15) is 22.3 Å². The van der Waals surface area contributed by atoms with E-state index in [-0.39, 0.29) is 30.0 Å². The molecule has 2 aliphatic rings. The zero-order valence-electron chi connectivity index (χ0n) is 19.4. The minimum atomic E-state index is -1.34. The van der Waals surface area contributed by atoms with E-state index in [4.69, 9.17) is 0 Å². The largest absolute Gasteiger partial charge is 0.350 e. The molecule has 0 saturated carbocycles. The third-order valence-corrected chi connectivity index (χ3v) is 7.76. The number of fused-ring (bicyclic) bond motifs is 2. The molecule has 6 nitrogen and oxygen atoms in total. The Morgan fingerprint density at radius 1 is 1.03 bits per heavy atom. The van der Waals surface area contributed by atoms with Gasteiger partial charge in [-0.2, -0.15) is 0 Å². The maximum absolute atomic E-state index is 14.0. The van der Waals surface area contributed by atoms with Crippen molar-refractivity contribution in [2.75, 3.05) is 22.1 Å². The molecule has 0 aliphatic carbocycles. The highest BCUT2D eigenvalue weighted by molar-refractivity contribution is 8.02. The number of carbonyl (C=O) groups is 3. The molecule has 2 aliphatic heterocycles. The summed E-state index contributed by atoms with van der Waals surface area (Å²) < 4.78 is 13.6. The molecular weight excluding hydrogens is 465 g/mol. The van der Waals surface area contributed by atoms with Gasteiger partial charge in [0.1, 0.15) is 12.4 Å². The molecule has 1 atom stereocenters. The zero-order valence-corrected chi connectivity index (χ0v) is 20.2. The van der Waals surface area contributed by atoms with Crippen LogP contribution in [-0.4, -0.2) is 30.0 Å². The molecule has 0 unspecified atom stereocenters. The van der Waals surface area contributed by atoms with Crippen LogP contribution in [0.3, 0.4) is 0 Å². The molecular formula is C27H24FN3O3S. The molecule has 1 saturated heterocycles. The van der Waals surface area contributed by atoms with Gasteiger partial charge in [-0.05, 0) is 49.2 Å². The molecule has 178 valence electrons. The van der Waals surface area contributed by atoms with Crippen molar-refractivity contribution in [3.05, 3.63) is 94.8 Å². The van der Waals surface area contributed by atoms with Gasteiger partial charge in [0.2, 0.25) is 16.7 Å². The van der Waals surface area contributed by atoms with Crippen molar-refractivity contribution in [2.45, 2.75) is 25.3 Å². The average Bonchev–Trinajstić information content (AvgIpc) is 3.31. The summed E-state index contributed by atoms with van der Waals surface area (Å²) in [5.74, 6) is -1.22. The van der Waals surface area contributed by atoms with Gasteiger partial charge in [0.05, 0.1) is 11.4 Å². The van der Waals surface area contributed by atoms with E-state index in [2.05, 4.69) is 5.32 Å². The van der Waals surface area contributed by atoms with Crippen LogP contribution in [0.2, 0.25) is 0 Å². The summed E-state index contributed by atoms with van der Waals surface area (Å²) >= 11 is 1.23. The number of halogens is 1. The number of nitrogens with zero attached hydrogens (tertiary/aromatic N) is 2. The highest BCUT2D eigenvalue weighted by Gasteiger charge is 2.61. The number of para-hydroxylation sites is 1. The predicted octanol–water partition coefficient (Wildman–Crippen LogP) is 4.04. The van der Waals surface area contributed by atoms with Gasteiger partial charge < -0.3 is 5.32 Å². The summed E-state index contributed by atoms with van der Waals surface area (Å²) in [5.41, 5.74) is 4.66. The Morgan fingerprint density at radius 2 is 1.74 bits per heavy atom. The molecule has 3 aromatic rings. The fraction of sp³-hybridized carbons (Fsp3) is 0.222. The van der Waals surface area contributed by atoms with Gasteiger partial charge in [-0.25, -0.2) is 4.39 Å². The number of hydrogen-bond acceptors (Lipinski definition) is 4. The maximum atomic E-state index is 14.0. The van der Waals surface area contributed by atoms with Gasteiger partial charge in [-0.15, -0.1) is 11.8 Å². The molecule has 0 aromatic heterocycles. The second kappa shape index (κ2) is 8.85. The van der Waals surface area contributed by atoms with E-state index in [1.807, 2.05) is 56.3 Å². The second-order valence-electron chi connectivity index (χ2n) is 8.76. The molecule has 1 N–H and O–H groups in total. The van der Waals surface area contributed by atoms with Crippen LogP contribution in [0.5, 0.6) is 0 Å². The van der Waals surface area contributed by atoms with E-state index < -0.39 is 10.7 Å². The maximum Gasteiger partial charge on any atom is 0.269 e. The van der Waals surface area contributed by atoms with E-state index >= 15 is 0 Å². The third-order valence-electron chi connectivity index (χ3n) is 6.37. The highest BCUT2D eigenvalue weighted by atomic mass is 32.2. The van der Waals surface area contributed by atoms with Crippen molar-refractivity contribution in [2.24, 2.45) is 0 Å². The number of thioether (sulfide) groups is 1. The van der Waals surface area contributed by atoms with Crippen LogP contribution in [-0.2, 0) is 25.8 Å². The van der Waals surface area contributed by atoms with Gasteiger partial charge in [0, 0.05) is 17.8 Å². The third kappa shape index (κ3) is 3.87. The predicted molar refractivity (Wildman–Crippen MR) is 135 cm³/mol. The Hall–Kier alpha value is -3.65. The topological polar surface area (TPSA) is 69.7 Å². The molecule has 1 fully saturated rings. The minimum absolute atomic E-state index is 0.101. The average molecular weight is 490 g/mol. The summed E-state index contributed by atoms with van der Waals surface area (Å²) in [6.07, 6.45) is 0. The van der Waals surface area contributed by atoms with Crippen LogP contribution >= 0.6 is 11.8 Å². The molecule has 5 rings (SSSR count). The van der Waals surface area contributed by atoms with Crippen LogP contribution in [0.4, 0.5) is 15.8 Å². The SMILES string of the molecule is Cc1ccc(CNC(=O)CN2C(=O)[C@@]3(SCC(=O)N3c3ccc(F)cc3)c3cccc(C)c32)cc1. The lowest BCUT2D eigenvalue weighted by molar-refractivity contribution is -0.125. The Labute approximate surface area is 207 Å². The number of carbonyl (C=O) groups excluding carboxylic acids is 3. The Balaban J connectivity index is 1.48. The second-order valence-corrected chi connectivity index (χ2v) is 9.93. The van der Waals surface area contributed by atoms with E-state index in [1.165, 1.54) is 45.8 Å². The number of benzene rings is 3. The van der Waals surface area contributed by atoms with Crippen molar-refractivity contribution < 1.29 is 18.8 Å². The summed E-state index contributed by atoms with van der Waals surface area (Å²) in [7, 11) is 0. The quantitative estimate of drug-likeness (QED) is 0.588. The molecule has 35 heavy (non-hydrogen) atoms. The normalized spacial score (nSPS) is 18.9. The summed E-state index contributed by atoms with van der Waals surface area (Å²) in [6.45, 7) is 4.06. The number of hydrogen-bond donors (Lipinski definition) is 1. The first-order valence-electron chi connectivity index (χ1n) is 11.3. The van der Waals surface area contributed by atoms with Crippen LogP contribution in [0.15, 0.2) is 66.7 Å². The van der Waals surface area contributed by atoms with E-state index in [9.17, 15) is 18.8 Å². The monoisotopic (exact) mass is 489 g/mol. The first-order chi connectivity index (χ1) is 16.8. The number of anilines is 2. The first kappa shape index (κ1) is 23.1. The lowest BCUT2D eigenvalue weighted by Crippen LogP contribution is -2.51. The van der Waals surface area contributed by atoms with Gasteiger partial charge in [-0.3, -0.25) is 24.2 Å². The molecule has 8 heteroatoms. The molecule has 3 aromatic carbocycles. The summed E-state index contributed by atoms with van der Waals surface area (Å²) in [6, 6.07) is 19.0. The molecule has 2 heterocycles. The fourth-order valence-corrected chi connectivity index (χ4v) is 6.04.